The number of aromatic nitrogens is 1. The molecule has 0 aromatic carbocycles. The summed E-state index contributed by atoms with van der Waals surface area (Å²) in [6.07, 6.45) is 6.03. The van der Waals surface area contributed by atoms with Crippen molar-refractivity contribution in [1.82, 2.24) is 4.57 Å². The first-order valence-electron chi connectivity index (χ1n) is 5.03. The van der Waals surface area contributed by atoms with Gasteiger partial charge in [-0.2, -0.15) is 0 Å². The predicted octanol–water partition coefficient (Wildman–Crippen LogP) is 2.59. The lowest BCUT2D eigenvalue weighted by Gasteiger charge is -2.19. The second-order valence-electron chi connectivity index (χ2n) is 4.53. The largest absolute Gasteiger partial charge is 0.341 e. The van der Waals surface area contributed by atoms with Crippen LogP contribution >= 0.6 is 11.6 Å². The van der Waals surface area contributed by atoms with Gasteiger partial charge in [0, 0.05) is 24.2 Å². The number of nitrogens with zero attached hydrogens (tertiary/aromatic N) is 1. The minimum absolute atomic E-state index is 0.0255. The Morgan fingerprint density at radius 2 is 2.14 bits per heavy atom. The molecule has 0 atom stereocenters. The molecular formula is C11H12ClNO. The molecular weight excluding hydrogens is 198 g/mol. The molecule has 0 unspecified atom stereocenters. The molecule has 0 N–H and O–H groups in total. The zero-order valence-corrected chi connectivity index (χ0v) is 8.90. The number of fused-ring (bicyclic) bond motifs is 1. The highest BCUT2D eigenvalue weighted by molar-refractivity contribution is 6.31. The summed E-state index contributed by atoms with van der Waals surface area (Å²) in [4.78, 5) is 12.1. The highest BCUT2D eigenvalue weighted by Crippen LogP contribution is 2.55. The van der Waals surface area contributed by atoms with Crippen LogP contribution in [0.3, 0.4) is 0 Å². The summed E-state index contributed by atoms with van der Waals surface area (Å²) in [6.45, 7) is 0. The van der Waals surface area contributed by atoms with E-state index < -0.39 is 0 Å². The summed E-state index contributed by atoms with van der Waals surface area (Å²) in [7, 11) is 1.90. The van der Waals surface area contributed by atoms with Gasteiger partial charge in [-0.3, -0.25) is 4.79 Å². The van der Waals surface area contributed by atoms with Crippen molar-refractivity contribution in [2.45, 2.75) is 25.7 Å². The van der Waals surface area contributed by atoms with Crippen LogP contribution in [-0.4, -0.2) is 10.4 Å². The molecule has 0 bridgehead atoms. The van der Waals surface area contributed by atoms with Gasteiger partial charge < -0.3 is 4.57 Å². The van der Waals surface area contributed by atoms with Crippen molar-refractivity contribution in [3.63, 3.8) is 0 Å². The van der Waals surface area contributed by atoms with Crippen LogP contribution in [0.5, 0.6) is 0 Å². The number of hydrogen-bond acceptors (Lipinski definition) is 1. The van der Waals surface area contributed by atoms with E-state index >= 15 is 0 Å². The van der Waals surface area contributed by atoms with E-state index in [0.29, 0.717) is 5.78 Å². The van der Waals surface area contributed by atoms with Gasteiger partial charge in [0.15, 0.2) is 5.78 Å². The Morgan fingerprint density at radius 3 is 2.79 bits per heavy atom. The van der Waals surface area contributed by atoms with Crippen molar-refractivity contribution >= 4 is 17.4 Å². The van der Waals surface area contributed by atoms with E-state index in [9.17, 15) is 4.79 Å². The molecule has 1 heterocycles. The molecule has 1 saturated carbocycles. The Morgan fingerprint density at radius 1 is 1.43 bits per heavy atom. The van der Waals surface area contributed by atoms with Gasteiger partial charge in [-0.15, -0.1) is 0 Å². The van der Waals surface area contributed by atoms with E-state index in [1.54, 1.807) is 0 Å². The number of halogens is 1. The number of rotatable bonds is 0. The molecule has 2 aliphatic rings. The van der Waals surface area contributed by atoms with Crippen LogP contribution in [0.4, 0.5) is 0 Å². The normalized spacial score (nSPS) is 22.6. The second-order valence-corrected chi connectivity index (χ2v) is 4.89. The molecule has 1 spiro atoms. The smallest absolute Gasteiger partial charge is 0.170 e. The van der Waals surface area contributed by atoms with Gasteiger partial charge >= 0.3 is 0 Å². The summed E-state index contributed by atoms with van der Waals surface area (Å²) in [5, 5.41) is 0.740. The van der Waals surface area contributed by atoms with Gasteiger partial charge in [-0.05, 0) is 31.2 Å². The van der Waals surface area contributed by atoms with Gasteiger partial charge in [0.05, 0.1) is 0 Å². The summed E-state index contributed by atoms with van der Waals surface area (Å²) in [5.74, 6) is 0.334. The minimum Gasteiger partial charge on any atom is -0.341 e. The zero-order valence-electron chi connectivity index (χ0n) is 8.14. The van der Waals surface area contributed by atoms with E-state index in [-0.39, 0.29) is 5.41 Å². The predicted molar refractivity (Wildman–Crippen MR) is 54.7 cm³/mol. The number of carbonyl (C=O) groups excluding carboxylic acids is 1. The third kappa shape index (κ3) is 0.897. The van der Waals surface area contributed by atoms with Crippen molar-refractivity contribution in [3.05, 3.63) is 22.5 Å². The number of ketones is 1. The van der Waals surface area contributed by atoms with Crippen LogP contribution in [0.1, 0.15) is 35.2 Å². The molecule has 2 nitrogen and oxygen atoms in total. The Balaban J connectivity index is 2.16. The lowest BCUT2D eigenvalue weighted by molar-refractivity contribution is 0.0881. The number of Topliss-reactive ketones (excluding diaryl/α,β-unsaturated/α-hetero) is 1. The molecule has 3 heteroatoms. The average molecular weight is 210 g/mol. The molecule has 3 rings (SSSR count). The third-order valence-electron chi connectivity index (χ3n) is 3.64. The van der Waals surface area contributed by atoms with Crippen molar-refractivity contribution < 1.29 is 4.79 Å². The highest BCUT2D eigenvalue weighted by Gasteiger charge is 2.52. The molecule has 0 amide bonds. The Kier molecular flexibility index (Phi) is 1.48. The van der Waals surface area contributed by atoms with E-state index in [1.807, 2.05) is 17.8 Å². The van der Waals surface area contributed by atoms with Crippen LogP contribution in [-0.2, 0) is 13.5 Å². The van der Waals surface area contributed by atoms with Gasteiger partial charge in [-0.25, -0.2) is 0 Å². The Labute approximate surface area is 87.9 Å². The lowest BCUT2D eigenvalue weighted by atomic mass is 9.82. The van der Waals surface area contributed by atoms with Crippen LogP contribution < -0.4 is 0 Å². The molecule has 1 aromatic rings. The summed E-state index contributed by atoms with van der Waals surface area (Å²) in [6, 6.07) is 0. The molecule has 2 aliphatic carbocycles. The van der Waals surface area contributed by atoms with Crippen molar-refractivity contribution in [1.29, 1.82) is 0 Å². The second kappa shape index (κ2) is 2.43. The quantitative estimate of drug-likeness (QED) is 0.644. The van der Waals surface area contributed by atoms with E-state index in [4.69, 9.17) is 11.6 Å². The fourth-order valence-electron chi connectivity index (χ4n) is 2.48. The highest BCUT2D eigenvalue weighted by atomic mass is 35.5. The van der Waals surface area contributed by atoms with Crippen molar-refractivity contribution in [2.75, 3.05) is 0 Å². The molecule has 1 fully saturated rings. The molecule has 0 radical (unpaired) electrons. The van der Waals surface area contributed by atoms with E-state index in [2.05, 4.69) is 0 Å². The van der Waals surface area contributed by atoms with Gasteiger partial charge in [-0.1, -0.05) is 11.6 Å². The standard InChI is InChI=1S/C11H12ClNO/c1-13-6-8-7(10(13)12)2-3-11(4-5-11)9(8)14/h6H,2-5H2,1H3. The maximum absolute atomic E-state index is 12.1. The zero-order chi connectivity index (χ0) is 9.92. The first-order chi connectivity index (χ1) is 6.64. The lowest BCUT2D eigenvalue weighted by Crippen LogP contribution is -2.22. The van der Waals surface area contributed by atoms with Crippen LogP contribution in [0.25, 0.3) is 0 Å². The fraction of sp³-hybridized carbons (Fsp3) is 0.545. The molecule has 74 valence electrons. The average Bonchev–Trinajstić information content (AvgIpc) is 2.88. The topological polar surface area (TPSA) is 22.0 Å². The first kappa shape index (κ1) is 8.54. The molecule has 0 saturated heterocycles. The maximum atomic E-state index is 12.1. The Hall–Kier alpha value is -0.760. The van der Waals surface area contributed by atoms with E-state index in [1.165, 1.54) is 0 Å². The molecule has 1 aromatic heterocycles. The third-order valence-corrected chi connectivity index (χ3v) is 4.13. The van der Waals surface area contributed by atoms with Crippen molar-refractivity contribution in [2.24, 2.45) is 12.5 Å². The van der Waals surface area contributed by atoms with Gasteiger partial charge in [0.25, 0.3) is 0 Å². The summed E-state index contributed by atoms with van der Waals surface area (Å²) < 4.78 is 1.85. The summed E-state index contributed by atoms with van der Waals surface area (Å²) >= 11 is 6.12. The van der Waals surface area contributed by atoms with Crippen LogP contribution in [0.15, 0.2) is 6.20 Å². The minimum atomic E-state index is 0.0255. The molecule has 14 heavy (non-hydrogen) atoms. The number of aryl methyl sites for hydroxylation is 1. The van der Waals surface area contributed by atoms with Gasteiger partial charge in [0.2, 0.25) is 0 Å². The monoisotopic (exact) mass is 209 g/mol. The SMILES string of the molecule is Cn1cc2c(c1Cl)CCC1(CC1)C2=O. The van der Waals surface area contributed by atoms with Crippen molar-refractivity contribution in [3.8, 4) is 0 Å². The fourth-order valence-corrected chi connectivity index (χ4v) is 2.72. The number of hydrogen-bond donors (Lipinski definition) is 0. The van der Waals surface area contributed by atoms with Crippen LogP contribution in [0, 0.1) is 5.41 Å². The number of carbonyl (C=O) groups is 1. The molecule has 0 aliphatic heterocycles. The van der Waals surface area contributed by atoms with Crippen LogP contribution in [0.2, 0.25) is 5.15 Å². The first-order valence-corrected chi connectivity index (χ1v) is 5.40. The maximum Gasteiger partial charge on any atom is 0.170 e. The van der Waals surface area contributed by atoms with E-state index in [0.717, 1.165) is 42.0 Å². The van der Waals surface area contributed by atoms with Gasteiger partial charge in [0.1, 0.15) is 5.15 Å². The summed E-state index contributed by atoms with van der Waals surface area (Å²) in [5.41, 5.74) is 1.97. The Bertz CT molecular complexity index is 429.